The Morgan fingerprint density at radius 3 is 2.56 bits per heavy atom. The smallest absolute Gasteiger partial charge is 0.343 e. The third kappa shape index (κ3) is 3.90. The number of amides is 1. The molecule has 4 heteroatoms. The molecule has 1 aromatic carbocycles. The Kier molecular flexibility index (Phi) is 5.38. The first-order valence-corrected chi connectivity index (χ1v) is 5.48. The highest BCUT2D eigenvalue weighted by Crippen LogP contribution is 2.04. The molecule has 4 nitrogen and oxygen atoms in total. The molecule has 0 fully saturated rings. The van der Waals surface area contributed by atoms with Crippen molar-refractivity contribution in [1.29, 1.82) is 0 Å². The Hall–Kier alpha value is -2.36. The van der Waals surface area contributed by atoms with Crippen molar-refractivity contribution in [3.63, 3.8) is 0 Å². The summed E-state index contributed by atoms with van der Waals surface area (Å²) >= 11 is 0. The summed E-state index contributed by atoms with van der Waals surface area (Å²) in [4.78, 5) is 23.2. The SMILES string of the molecule is C=CNC(=O)/C(=C\C)C(=O)OCc1ccccc1. The van der Waals surface area contributed by atoms with Crippen LogP contribution < -0.4 is 5.32 Å². The second-order valence-electron chi connectivity index (χ2n) is 3.44. The van der Waals surface area contributed by atoms with Crippen LogP contribution in [-0.4, -0.2) is 11.9 Å². The molecule has 18 heavy (non-hydrogen) atoms. The maximum Gasteiger partial charge on any atom is 0.343 e. The highest BCUT2D eigenvalue weighted by molar-refractivity contribution is 6.16. The van der Waals surface area contributed by atoms with E-state index in [0.717, 1.165) is 5.56 Å². The summed E-state index contributed by atoms with van der Waals surface area (Å²) in [5, 5.41) is 2.33. The second-order valence-corrected chi connectivity index (χ2v) is 3.44. The number of hydrogen-bond donors (Lipinski definition) is 1. The molecule has 0 aromatic heterocycles. The van der Waals surface area contributed by atoms with Crippen LogP contribution in [0.25, 0.3) is 0 Å². The molecule has 0 bridgehead atoms. The summed E-state index contributed by atoms with van der Waals surface area (Å²) in [5.74, 6) is -1.17. The molecular weight excluding hydrogens is 230 g/mol. The average molecular weight is 245 g/mol. The normalized spacial score (nSPS) is 10.6. The molecule has 0 spiro atoms. The molecule has 0 radical (unpaired) electrons. The Labute approximate surface area is 106 Å². The lowest BCUT2D eigenvalue weighted by atomic mass is 10.2. The van der Waals surface area contributed by atoms with Crippen molar-refractivity contribution >= 4 is 11.9 Å². The quantitative estimate of drug-likeness (QED) is 0.373. The van der Waals surface area contributed by atoms with Gasteiger partial charge < -0.3 is 10.1 Å². The van der Waals surface area contributed by atoms with Crippen LogP contribution in [0.4, 0.5) is 0 Å². The number of carbonyl (C=O) groups is 2. The molecule has 0 unspecified atom stereocenters. The molecule has 1 rings (SSSR count). The van der Waals surface area contributed by atoms with Crippen LogP contribution in [0.2, 0.25) is 0 Å². The van der Waals surface area contributed by atoms with Crippen LogP contribution in [-0.2, 0) is 20.9 Å². The molecule has 0 atom stereocenters. The van der Waals surface area contributed by atoms with E-state index in [2.05, 4.69) is 11.9 Å². The van der Waals surface area contributed by atoms with E-state index in [0.29, 0.717) is 0 Å². The van der Waals surface area contributed by atoms with Gasteiger partial charge in [-0.15, -0.1) is 0 Å². The predicted octanol–water partition coefficient (Wildman–Crippen LogP) is 1.94. The number of hydrogen-bond acceptors (Lipinski definition) is 3. The van der Waals surface area contributed by atoms with Crippen molar-refractivity contribution < 1.29 is 14.3 Å². The van der Waals surface area contributed by atoms with Gasteiger partial charge >= 0.3 is 5.97 Å². The van der Waals surface area contributed by atoms with Crippen LogP contribution in [0.1, 0.15) is 12.5 Å². The summed E-state index contributed by atoms with van der Waals surface area (Å²) in [6, 6.07) is 9.26. The van der Waals surface area contributed by atoms with Crippen molar-refractivity contribution in [3.05, 3.63) is 60.3 Å². The van der Waals surface area contributed by atoms with Crippen LogP contribution >= 0.6 is 0 Å². The van der Waals surface area contributed by atoms with Gasteiger partial charge in [-0.1, -0.05) is 43.0 Å². The fraction of sp³-hybridized carbons (Fsp3) is 0.143. The number of esters is 1. The van der Waals surface area contributed by atoms with Crippen molar-refractivity contribution in [2.75, 3.05) is 0 Å². The third-order valence-corrected chi connectivity index (χ3v) is 2.20. The van der Waals surface area contributed by atoms with Crippen molar-refractivity contribution in [2.24, 2.45) is 0 Å². The maximum absolute atomic E-state index is 11.7. The van der Waals surface area contributed by atoms with E-state index in [1.807, 2.05) is 30.3 Å². The lowest BCUT2D eigenvalue weighted by Crippen LogP contribution is -2.25. The standard InChI is InChI=1S/C14H15NO3/c1-3-12(13(16)15-4-2)14(17)18-10-11-8-6-5-7-9-11/h3-9H,2,10H2,1H3,(H,15,16)/b12-3+. The fourth-order valence-electron chi connectivity index (χ4n) is 1.31. The second kappa shape index (κ2) is 7.06. The summed E-state index contributed by atoms with van der Waals surface area (Å²) in [7, 11) is 0. The first-order valence-electron chi connectivity index (χ1n) is 5.48. The summed E-state index contributed by atoms with van der Waals surface area (Å²) < 4.78 is 5.05. The zero-order chi connectivity index (χ0) is 13.4. The van der Waals surface area contributed by atoms with E-state index >= 15 is 0 Å². The van der Waals surface area contributed by atoms with E-state index in [1.54, 1.807) is 6.92 Å². The number of ether oxygens (including phenoxy) is 1. The molecule has 0 heterocycles. The van der Waals surface area contributed by atoms with Gasteiger partial charge in [-0.2, -0.15) is 0 Å². The van der Waals surface area contributed by atoms with E-state index < -0.39 is 11.9 Å². The number of carbonyl (C=O) groups excluding carboxylic acids is 2. The molecular formula is C14H15NO3. The lowest BCUT2D eigenvalue weighted by molar-refractivity contribution is -0.141. The zero-order valence-corrected chi connectivity index (χ0v) is 10.2. The van der Waals surface area contributed by atoms with Crippen LogP contribution in [0.3, 0.4) is 0 Å². The minimum absolute atomic E-state index is 0.0363. The number of nitrogens with one attached hydrogen (secondary N) is 1. The number of rotatable bonds is 5. The van der Waals surface area contributed by atoms with Gasteiger partial charge in [-0.3, -0.25) is 4.79 Å². The van der Waals surface area contributed by atoms with Crippen molar-refractivity contribution in [1.82, 2.24) is 5.32 Å². The van der Waals surface area contributed by atoms with Crippen LogP contribution in [0.5, 0.6) is 0 Å². The van der Waals surface area contributed by atoms with Gasteiger partial charge in [0.1, 0.15) is 12.2 Å². The van der Waals surface area contributed by atoms with Gasteiger partial charge in [0.25, 0.3) is 5.91 Å². The van der Waals surface area contributed by atoms with Gasteiger partial charge in [0.15, 0.2) is 0 Å². The Morgan fingerprint density at radius 1 is 1.33 bits per heavy atom. The minimum Gasteiger partial charge on any atom is -0.457 e. The van der Waals surface area contributed by atoms with E-state index in [-0.39, 0.29) is 12.2 Å². The van der Waals surface area contributed by atoms with E-state index in [9.17, 15) is 9.59 Å². The number of allylic oxidation sites excluding steroid dienone is 1. The van der Waals surface area contributed by atoms with Crippen molar-refractivity contribution in [3.8, 4) is 0 Å². The summed E-state index contributed by atoms with van der Waals surface area (Å²) in [5.41, 5.74) is 0.830. The number of benzene rings is 1. The molecule has 1 amide bonds. The van der Waals surface area contributed by atoms with Gasteiger partial charge in [0.2, 0.25) is 0 Å². The molecule has 0 aliphatic rings. The van der Waals surface area contributed by atoms with Crippen molar-refractivity contribution in [2.45, 2.75) is 13.5 Å². The maximum atomic E-state index is 11.7. The molecule has 1 N–H and O–H groups in total. The first-order chi connectivity index (χ1) is 8.69. The molecule has 0 saturated heterocycles. The molecule has 1 aromatic rings. The van der Waals surface area contributed by atoms with Crippen LogP contribution in [0.15, 0.2) is 54.8 Å². The zero-order valence-electron chi connectivity index (χ0n) is 10.2. The van der Waals surface area contributed by atoms with E-state index in [4.69, 9.17) is 4.74 Å². The molecule has 0 saturated carbocycles. The fourth-order valence-corrected chi connectivity index (χ4v) is 1.31. The van der Waals surface area contributed by atoms with Gasteiger partial charge in [0, 0.05) is 0 Å². The monoisotopic (exact) mass is 245 g/mol. The van der Waals surface area contributed by atoms with Gasteiger partial charge in [0.05, 0.1) is 0 Å². The molecule has 0 aliphatic carbocycles. The van der Waals surface area contributed by atoms with Gasteiger partial charge in [-0.05, 0) is 18.7 Å². The topological polar surface area (TPSA) is 55.4 Å². The Balaban J connectivity index is 2.59. The average Bonchev–Trinajstić information content (AvgIpc) is 2.39. The molecule has 94 valence electrons. The summed E-state index contributed by atoms with van der Waals surface area (Å²) in [6.45, 7) is 5.10. The highest BCUT2D eigenvalue weighted by Gasteiger charge is 2.17. The largest absolute Gasteiger partial charge is 0.457 e. The Morgan fingerprint density at radius 2 is 2.00 bits per heavy atom. The third-order valence-electron chi connectivity index (χ3n) is 2.20. The summed E-state index contributed by atoms with van der Waals surface area (Å²) in [6.07, 6.45) is 2.63. The molecule has 0 aliphatic heterocycles. The first kappa shape index (κ1) is 13.7. The lowest BCUT2D eigenvalue weighted by Gasteiger charge is -2.07. The minimum atomic E-state index is -0.652. The van der Waals surface area contributed by atoms with Gasteiger partial charge in [-0.25, -0.2) is 4.79 Å². The predicted molar refractivity (Wildman–Crippen MR) is 68.3 cm³/mol. The Bertz CT molecular complexity index is 463. The van der Waals surface area contributed by atoms with Crippen LogP contribution in [0, 0.1) is 0 Å². The highest BCUT2D eigenvalue weighted by atomic mass is 16.5. The van der Waals surface area contributed by atoms with E-state index in [1.165, 1.54) is 12.3 Å².